The fourth-order valence-corrected chi connectivity index (χ4v) is 2.47. The average Bonchev–Trinajstić information content (AvgIpc) is 3.03. The molecule has 0 aromatic heterocycles. The molecule has 9 heteroatoms. The Hall–Kier alpha value is -3.23. The molecule has 1 aliphatic heterocycles. The lowest BCUT2D eigenvalue weighted by Crippen LogP contribution is -2.32. The van der Waals surface area contributed by atoms with Crippen molar-refractivity contribution in [1.82, 2.24) is 5.06 Å². The Morgan fingerprint density at radius 1 is 1.00 bits per heavy atom. The van der Waals surface area contributed by atoms with Crippen LogP contribution in [-0.2, 0) is 38.3 Å². The standard InChI is InChI=1S/C20H23NO8/c1-2-3-13-27-20(26)19(14-7-5-4-6-8-14)28-17(24)11-12-18(25)29-21-15(22)9-10-16(21)23/h4-8,19H,2-3,9-13H2,1H3/t19-/m0/s1. The molecule has 2 rings (SSSR count). The maximum Gasteiger partial charge on any atom is 0.352 e. The Morgan fingerprint density at radius 2 is 1.62 bits per heavy atom. The van der Waals surface area contributed by atoms with E-state index in [1.807, 2.05) is 6.92 Å². The molecule has 1 saturated heterocycles. The normalized spacial score (nSPS) is 14.4. The lowest BCUT2D eigenvalue weighted by molar-refractivity contribution is -0.197. The molecule has 0 aliphatic carbocycles. The van der Waals surface area contributed by atoms with Crippen molar-refractivity contribution in [2.24, 2.45) is 0 Å². The van der Waals surface area contributed by atoms with Gasteiger partial charge in [-0.1, -0.05) is 43.7 Å². The summed E-state index contributed by atoms with van der Waals surface area (Å²) in [6.07, 6.45) is -0.574. The minimum absolute atomic E-state index is 0.0208. The van der Waals surface area contributed by atoms with Gasteiger partial charge in [-0.05, 0) is 6.42 Å². The Kier molecular flexibility index (Phi) is 8.32. The van der Waals surface area contributed by atoms with Gasteiger partial charge >= 0.3 is 17.9 Å². The zero-order chi connectivity index (χ0) is 21.2. The summed E-state index contributed by atoms with van der Waals surface area (Å²) < 4.78 is 10.4. The van der Waals surface area contributed by atoms with Gasteiger partial charge in [0.2, 0.25) is 6.10 Å². The molecule has 0 bridgehead atoms. The van der Waals surface area contributed by atoms with Gasteiger partial charge in [0.05, 0.1) is 19.4 Å². The largest absolute Gasteiger partial charge is 0.463 e. The number of esters is 2. The molecule has 156 valence electrons. The maximum atomic E-state index is 12.3. The van der Waals surface area contributed by atoms with Crippen LogP contribution in [-0.4, -0.2) is 41.4 Å². The topological polar surface area (TPSA) is 116 Å². The highest BCUT2D eigenvalue weighted by Crippen LogP contribution is 2.20. The van der Waals surface area contributed by atoms with Gasteiger partial charge in [-0.15, -0.1) is 5.06 Å². The zero-order valence-corrected chi connectivity index (χ0v) is 16.1. The van der Waals surface area contributed by atoms with E-state index < -0.39 is 42.2 Å². The maximum absolute atomic E-state index is 12.3. The third-order valence-electron chi connectivity index (χ3n) is 4.04. The second-order valence-corrected chi connectivity index (χ2v) is 6.35. The van der Waals surface area contributed by atoms with Crippen molar-refractivity contribution >= 4 is 29.7 Å². The summed E-state index contributed by atoms with van der Waals surface area (Å²) in [4.78, 5) is 63.8. The quantitative estimate of drug-likeness (QED) is 0.330. The number of hydrogen-bond donors (Lipinski definition) is 0. The molecule has 1 atom stereocenters. The lowest BCUT2D eigenvalue weighted by atomic mass is 10.1. The van der Waals surface area contributed by atoms with E-state index in [2.05, 4.69) is 4.84 Å². The molecule has 1 heterocycles. The molecule has 1 aliphatic rings. The Balaban J connectivity index is 1.90. The first kappa shape index (κ1) is 22.1. The van der Waals surface area contributed by atoms with Crippen LogP contribution in [0.25, 0.3) is 0 Å². The third kappa shape index (κ3) is 6.70. The van der Waals surface area contributed by atoms with Crippen molar-refractivity contribution in [1.29, 1.82) is 0 Å². The van der Waals surface area contributed by atoms with E-state index in [1.54, 1.807) is 30.3 Å². The number of hydroxylamine groups is 2. The number of ether oxygens (including phenoxy) is 2. The van der Waals surface area contributed by atoms with E-state index in [-0.39, 0.29) is 25.9 Å². The van der Waals surface area contributed by atoms with Gasteiger partial charge in [-0.2, -0.15) is 0 Å². The number of carbonyl (C=O) groups is 5. The molecule has 9 nitrogen and oxygen atoms in total. The summed E-state index contributed by atoms with van der Waals surface area (Å²) in [6.45, 7) is 2.16. The van der Waals surface area contributed by atoms with Crippen LogP contribution >= 0.6 is 0 Å². The highest BCUT2D eigenvalue weighted by molar-refractivity contribution is 6.01. The Morgan fingerprint density at radius 3 is 2.24 bits per heavy atom. The van der Waals surface area contributed by atoms with Crippen molar-refractivity contribution in [3.05, 3.63) is 35.9 Å². The average molecular weight is 405 g/mol. The van der Waals surface area contributed by atoms with Crippen LogP contribution in [0.3, 0.4) is 0 Å². The van der Waals surface area contributed by atoms with E-state index in [9.17, 15) is 24.0 Å². The lowest BCUT2D eigenvalue weighted by Gasteiger charge is -2.17. The first-order valence-corrected chi connectivity index (χ1v) is 9.40. The summed E-state index contributed by atoms with van der Waals surface area (Å²) in [5.41, 5.74) is 0.443. The van der Waals surface area contributed by atoms with Crippen LogP contribution in [0.15, 0.2) is 30.3 Å². The number of unbranched alkanes of at least 4 members (excludes halogenated alkanes) is 1. The molecular formula is C20H23NO8. The smallest absolute Gasteiger partial charge is 0.352 e. The van der Waals surface area contributed by atoms with E-state index in [0.29, 0.717) is 17.0 Å². The fraction of sp³-hybridized carbons (Fsp3) is 0.450. The number of amides is 2. The molecule has 0 spiro atoms. The number of hydrogen-bond acceptors (Lipinski definition) is 8. The highest BCUT2D eigenvalue weighted by atomic mass is 16.7. The monoisotopic (exact) mass is 405 g/mol. The number of rotatable bonds is 10. The summed E-state index contributed by atoms with van der Waals surface area (Å²) in [5.74, 6) is -3.65. The number of imide groups is 1. The van der Waals surface area contributed by atoms with Gasteiger partial charge in [0.1, 0.15) is 0 Å². The Bertz CT molecular complexity index is 745. The molecule has 0 saturated carbocycles. The molecule has 2 amide bonds. The second-order valence-electron chi connectivity index (χ2n) is 6.35. The second kappa shape index (κ2) is 10.9. The molecule has 1 fully saturated rings. The minimum Gasteiger partial charge on any atom is -0.463 e. The minimum atomic E-state index is -1.25. The molecule has 1 aromatic rings. The van der Waals surface area contributed by atoms with E-state index in [4.69, 9.17) is 9.47 Å². The van der Waals surface area contributed by atoms with Crippen LogP contribution in [0.1, 0.15) is 57.1 Å². The molecule has 0 unspecified atom stereocenters. The van der Waals surface area contributed by atoms with Gasteiger partial charge < -0.3 is 14.3 Å². The van der Waals surface area contributed by atoms with Crippen molar-refractivity contribution in [3.63, 3.8) is 0 Å². The summed E-state index contributed by atoms with van der Waals surface area (Å²) in [6, 6.07) is 8.38. The van der Waals surface area contributed by atoms with Gasteiger partial charge in [0.25, 0.3) is 11.8 Å². The zero-order valence-electron chi connectivity index (χ0n) is 16.1. The number of nitrogens with zero attached hydrogens (tertiary/aromatic N) is 1. The Labute approximate surface area is 167 Å². The van der Waals surface area contributed by atoms with Gasteiger partial charge in [0, 0.05) is 18.4 Å². The summed E-state index contributed by atoms with van der Waals surface area (Å²) in [5, 5.41) is 0.408. The van der Waals surface area contributed by atoms with E-state index in [1.165, 1.54) is 0 Å². The van der Waals surface area contributed by atoms with Gasteiger partial charge in [0.15, 0.2) is 0 Å². The van der Waals surface area contributed by atoms with Gasteiger partial charge in [-0.25, -0.2) is 9.59 Å². The van der Waals surface area contributed by atoms with Crippen molar-refractivity contribution in [2.75, 3.05) is 6.61 Å². The SMILES string of the molecule is CCCCOC(=O)[C@@H](OC(=O)CCC(=O)ON1C(=O)CCC1=O)c1ccccc1. The molecule has 29 heavy (non-hydrogen) atoms. The van der Waals surface area contributed by atoms with Gasteiger partial charge in [-0.3, -0.25) is 14.4 Å². The van der Waals surface area contributed by atoms with Crippen LogP contribution in [0.4, 0.5) is 0 Å². The predicted molar refractivity (Wildman–Crippen MR) is 97.6 cm³/mol. The predicted octanol–water partition coefficient (Wildman–Crippen LogP) is 2.00. The third-order valence-corrected chi connectivity index (χ3v) is 4.04. The summed E-state index contributed by atoms with van der Waals surface area (Å²) in [7, 11) is 0. The van der Waals surface area contributed by atoms with Crippen LogP contribution < -0.4 is 0 Å². The van der Waals surface area contributed by atoms with Crippen molar-refractivity contribution in [2.45, 2.75) is 51.6 Å². The first-order valence-electron chi connectivity index (χ1n) is 9.40. The van der Waals surface area contributed by atoms with Crippen LogP contribution in [0.5, 0.6) is 0 Å². The van der Waals surface area contributed by atoms with Crippen LogP contribution in [0.2, 0.25) is 0 Å². The first-order chi connectivity index (χ1) is 13.9. The van der Waals surface area contributed by atoms with E-state index >= 15 is 0 Å². The molecular weight excluding hydrogens is 382 g/mol. The molecule has 0 radical (unpaired) electrons. The van der Waals surface area contributed by atoms with Crippen molar-refractivity contribution in [3.8, 4) is 0 Å². The fourth-order valence-electron chi connectivity index (χ4n) is 2.47. The van der Waals surface area contributed by atoms with E-state index in [0.717, 1.165) is 6.42 Å². The summed E-state index contributed by atoms with van der Waals surface area (Å²) >= 11 is 0. The van der Waals surface area contributed by atoms with Crippen LogP contribution in [0, 0.1) is 0 Å². The molecule has 0 N–H and O–H groups in total. The number of carbonyl (C=O) groups excluding carboxylic acids is 5. The number of benzene rings is 1. The van der Waals surface area contributed by atoms with Crippen molar-refractivity contribution < 1.29 is 38.3 Å². The molecule has 1 aromatic carbocycles. The highest BCUT2D eigenvalue weighted by Gasteiger charge is 2.33.